The summed E-state index contributed by atoms with van der Waals surface area (Å²) >= 11 is 3.33. The number of rotatable bonds is 5. The van der Waals surface area contributed by atoms with Gasteiger partial charge in [-0.25, -0.2) is 0 Å². The van der Waals surface area contributed by atoms with Gasteiger partial charge in [-0.3, -0.25) is 14.9 Å². The summed E-state index contributed by atoms with van der Waals surface area (Å²) in [6.07, 6.45) is 1.21. The van der Waals surface area contributed by atoms with Crippen molar-refractivity contribution in [2.75, 3.05) is 6.61 Å². The molecule has 7 heteroatoms. The van der Waals surface area contributed by atoms with Crippen LogP contribution in [-0.4, -0.2) is 16.1 Å². The highest BCUT2D eigenvalue weighted by Gasteiger charge is 2.07. The Morgan fingerprint density at radius 3 is 2.80 bits per heavy atom. The van der Waals surface area contributed by atoms with Crippen molar-refractivity contribution in [3.8, 4) is 5.75 Å². The maximum atomic E-state index is 11.6. The SMILES string of the molecule is O=c1ccc([N+](=O)[O-])cn1CCOc1cccc(Br)c1. The van der Waals surface area contributed by atoms with Gasteiger partial charge in [-0.05, 0) is 18.2 Å². The third-order valence-electron chi connectivity index (χ3n) is 2.58. The minimum absolute atomic E-state index is 0.118. The topological polar surface area (TPSA) is 74.4 Å². The van der Waals surface area contributed by atoms with E-state index < -0.39 is 4.92 Å². The summed E-state index contributed by atoms with van der Waals surface area (Å²) < 4.78 is 7.64. The highest BCUT2D eigenvalue weighted by Crippen LogP contribution is 2.17. The van der Waals surface area contributed by atoms with E-state index in [1.54, 1.807) is 12.1 Å². The summed E-state index contributed by atoms with van der Waals surface area (Å²) in [6.45, 7) is 0.491. The number of hydrogen-bond donors (Lipinski definition) is 0. The Hall–Kier alpha value is -2.15. The minimum atomic E-state index is -0.537. The van der Waals surface area contributed by atoms with Crippen LogP contribution >= 0.6 is 15.9 Å². The highest BCUT2D eigenvalue weighted by molar-refractivity contribution is 9.10. The first-order valence-corrected chi connectivity index (χ1v) is 6.59. The molecule has 0 amide bonds. The van der Waals surface area contributed by atoms with Crippen LogP contribution in [0.1, 0.15) is 0 Å². The third kappa shape index (κ3) is 3.67. The fourth-order valence-electron chi connectivity index (χ4n) is 1.62. The van der Waals surface area contributed by atoms with Crippen molar-refractivity contribution in [1.82, 2.24) is 4.57 Å². The predicted octanol–water partition coefficient (Wildman–Crippen LogP) is 2.60. The summed E-state index contributed by atoms with van der Waals surface area (Å²) in [5.74, 6) is 0.665. The molecule has 1 heterocycles. The Morgan fingerprint density at radius 1 is 1.30 bits per heavy atom. The molecule has 20 heavy (non-hydrogen) atoms. The van der Waals surface area contributed by atoms with E-state index in [4.69, 9.17) is 4.74 Å². The molecule has 0 radical (unpaired) electrons. The van der Waals surface area contributed by atoms with E-state index >= 15 is 0 Å². The largest absolute Gasteiger partial charge is 0.492 e. The lowest BCUT2D eigenvalue weighted by atomic mass is 10.3. The Kier molecular flexibility index (Phi) is 4.52. The fraction of sp³-hybridized carbons (Fsp3) is 0.154. The van der Waals surface area contributed by atoms with Crippen molar-refractivity contribution in [2.45, 2.75) is 6.54 Å². The molecule has 0 fully saturated rings. The molecule has 0 N–H and O–H groups in total. The molecule has 0 aliphatic rings. The molecule has 0 saturated carbocycles. The molecule has 1 aromatic carbocycles. The average Bonchev–Trinajstić information content (AvgIpc) is 2.40. The summed E-state index contributed by atoms with van der Waals surface area (Å²) in [5, 5.41) is 10.7. The molecule has 0 aliphatic carbocycles. The van der Waals surface area contributed by atoms with Crippen LogP contribution in [0.3, 0.4) is 0 Å². The molecule has 0 unspecified atom stereocenters. The average molecular weight is 339 g/mol. The zero-order valence-corrected chi connectivity index (χ0v) is 11.9. The van der Waals surface area contributed by atoms with Gasteiger partial charge in [-0.15, -0.1) is 0 Å². The van der Waals surface area contributed by atoms with Crippen molar-refractivity contribution in [2.24, 2.45) is 0 Å². The molecule has 0 atom stereocenters. The van der Waals surface area contributed by atoms with Crippen molar-refractivity contribution < 1.29 is 9.66 Å². The van der Waals surface area contributed by atoms with Crippen molar-refractivity contribution in [1.29, 1.82) is 0 Å². The lowest BCUT2D eigenvalue weighted by molar-refractivity contribution is -0.385. The molecule has 0 spiro atoms. The normalized spacial score (nSPS) is 10.2. The predicted molar refractivity (Wildman–Crippen MR) is 77.0 cm³/mol. The number of benzene rings is 1. The summed E-state index contributed by atoms with van der Waals surface area (Å²) in [5.41, 5.74) is -0.416. The Balaban J connectivity index is 2.02. The van der Waals surface area contributed by atoms with E-state index in [1.807, 2.05) is 12.1 Å². The van der Waals surface area contributed by atoms with Gasteiger partial charge >= 0.3 is 0 Å². The van der Waals surface area contributed by atoms with Crippen LogP contribution in [0.4, 0.5) is 5.69 Å². The van der Waals surface area contributed by atoms with Gasteiger partial charge in [0.15, 0.2) is 0 Å². The number of ether oxygens (including phenoxy) is 1. The number of nitrogens with zero attached hydrogens (tertiary/aromatic N) is 2. The Morgan fingerprint density at radius 2 is 2.10 bits per heavy atom. The molecular formula is C13H11BrN2O4. The molecule has 0 saturated heterocycles. The van der Waals surface area contributed by atoms with Crippen LogP contribution in [0.2, 0.25) is 0 Å². The summed E-state index contributed by atoms with van der Waals surface area (Å²) in [7, 11) is 0. The first kappa shape index (κ1) is 14.3. The van der Waals surface area contributed by atoms with E-state index in [0.29, 0.717) is 5.75 Å². The molecule has 104 valence electrons. The van der Waals surface area contributed by atoms with Gasteiger partial charge in [-0.1, -0.05) is 22.0 Å². The minimum Gasteiger partial charge on any atom is -0.492 e. The second-order valence-electron chi connectivity index (χ2n) is 3.98. The number of nitro groups is 1. The van der Waals surface area contributed by atoms with E-state index in [0.717, 1.165) is 4.47 Å². The molecular weight excluding hydrogens is 328 g/mol. The van der Waals surface area contributed by atoms with Gasteiger partial charge in [-0.2, -0.15) is 0 Å². The van der Waals surface area contributed by atoms with Gasteiger partial charge in [0.25, 0.3) is 11.2 Å². The summed E-state index contributed by atoms with van der Waals surface area (Å²) in [6, 6.07) is 9.67. The number of hydrogen-bond acceptors (Lipinski definition) is 4. The van der Waals surface area contributed by atoms with Crippen LogP contribution in [-0.2, 0) is 6.54 Å². The van der Waals surface area contributed by atoms with Crippen LogP contribution in [0, 0.1) is 10.1 Å². The lowest BCUT2D eigenvalue weighted by Crippen LogP contribution is -2.22. The molecule has 2 rings (SSSR count). The fourth-order valence-corrected chi connectivity index (χ4v) is 2.00. The first-order valence-electron chi connectivity index (χ1n) is 5.79. The molecule has 6 nitrogen and oxygen atoms in total. The van der Waals surface area contributed by atoms with E-state index in [9.17, 15) is 14.9 Å². The van der Waals surface area contributed by atoms with Crippen molar-refractivity contribution in [3.05, 3.63) is 67.5 Å². The van der Waals surface area contributed by atoms with Crippen LogP contribution < -0.4 is 10.3 Å². The van der Waals surface area contributed by atoms with E-state index in [2.05, 4.69) is 15.9 Å². The monoisotopic (exact) mass is 338 g/mol. The molecule has 2 aromatic rings. The maximum Gasteiger partial charge on any atom is 0.285 e. The van der Waals surface area contributed by atoms with Crippen LogP contribution in [0.5, 0.6) is 5.75 Å². The zero-order chi connectivity index (χ0) is 14.5. The maximum absolute atomic E-state index is 11.6. The highest BCUT2D eigenvalue weighted by atomic mass is 79.9. The van der Waals surface area contributed by atoms with Gasteiger partial charge in [0, 0.05) is 16.6 Å². The number of halogens is 1. The molecule has 0 aliphatic heterocycles. The quantitative estimate of drug-likeness (QED) is 0.620. The van der Waals surface area contributed by atoms with Gasteiger partial charge in [0.1, 0.15) is 12.4 Å². The third-order valence-corrected chi connectivity index (χ3v) is 3.07. The second-order valence-corrected chi connectivity index (χ2v) is 4.90. The Bertz CT molecular complexity index is 684. The van der Waals surface area contributed by atoms with E-state index in [-0.39, 0.29) is 24.4 Å². The Labute approximate surface area is 122 Å². The van der Waals surface area contributed by atoms with E-state index in [1.165, 1.54) is 22.9 Å². The number of pyridine rings is 1. The lowest BCUT2D eigenvalue weighted by Gasteiger charge is -2.08. The summed E-state index contributed by atoms with van der Waals surface area (Å²) in [4.78, 5) is 21.7. The second kappa shape index (κ2) is 6.33. The van der Waals surface area contributed by atoms with Gasteiger partial charge in [0.05, 0.1) is 17.7 Å². The van der Waals surface area contributed by atoms with Crippen molar-refractivity contribution in [3.63, 3.8) is 0 Å². The van der Waals surface area contributed by atoms with Gasteiger partial charge < -0.3 is 9.30 Å². The van der Waals surface area contributed by atoms with Gasteiger partial charge in [0.2, 0.25) is 0 Å². The first-order chi connectivity index (χ1) is 9.56. The van der Waals surface area contributed by atoms with Crippen LogP contribution in [0.15, 0.2) is 51.9 Å². The molecule has 1 aromatic heterocycles. The smallest absolute Gasteiger partial charge is 0.285 e. The number of aromatic nitrogens is 1. The molecule has 0 bridgehead atoms. The van der Waals surface area contributed by atoms with Crippen molar-refractivity contribution >= 4 is 21.6 Å². The zero-order valence-electron chi connectivity index (χ0n) is 10.4. The standard InChI is InChI=1S/C13H11BrN2O4/c14-10-2-1-3-12(8-10)20-7-6-15-9-11(16(18)19)4-5-13(15)17/h1-5,8-9H,6-7H2. The van der Waals surface area contributed by atoms with Crippen LogP contribution in [0.25, 0.3) is 0 Å².